The average molecular weight is 260 g/mol. The number of hydrogen-bond donors (Lipinski definition) is 0. The third-order valence-corrected chi connectivity index (χ3v) is 11.5. The molecule has 16 heavy (non-hydrogen) atoms. The second-order valence-corrected chi connectivity index (χ2v) is 14.5. The molecule has 0 aliphatic carbocycles. The molecule has 0 aromatic carbocycles. The predicted molar refractivity (Wildman–Crippen MR) is 82.0 cm³/mol. The van der Waals surface area contributed by atoms with Crippen LogP contribution >= 0.6 is 15.8 Å². The Morgan fingerprint density at radius 1 is 0.875 bits per heavy atom. The van der Waals surface area contributed by atoms with E-state index in [0.29, 0.717) is 15.5 Å². The molecule has 0 N–H and O–H groups in total. The van der Waals surface area contributed by atoms with Crippen molar-refractivity contribution in [3.05, 3.63) is 0 Å². The number of rotatable bonds is 0. The zero-order valence-corrected chi connectivity index (χ0v) is 14.3. The van der Waals surface area contributed by atoms with Gasteiger partial charge in [-0.1, -0.05) is 56.4 Å². The summed E-state index contributed by atoms with van der Waals surface area (Å²) in [5.41, 5.74) is 0. The Kier molecular flexibility index (Phi) is 4.21. The molecule has 1 aliphatic heterocycles. The zero-order chi connectivity index (χ0) is 12.8. The van der Waals surface area contributed by atoms with Gasteiger partial charge in [0.1, 0.15) is 0 Å². The second-order valence-electron chi connectivity index (χ2n) is 7.55. The maximum atomic E-state index is 2.53. The Balaban J connectivity index is 3.00. The van der Waals surface area contributed by atoms with E-state index in [1.807, 2.05) is 0 Å². The van der Waals surface area contributed by atoms with E-state index < -0.39 is 0 Å². The maximum Gasteiger partial charge on any atom is -0.0138 e. The van der Waals surface area contributed by atoms with Crippen molar-refractivity contribution in [3.63, 3.8) is 0 Å². The molecule has 0 spiro atoms. The molecule has 2 heteroatoms. The van der Waals surface area contributed by atoms with E-state index >= 15 is 0 Å². The van der Waals surface area contributed by atoms with Gasteiger partial charge in [0.05, 0.1) is 0 Å². The van der Waals surface area contributed by atoms with E-state index in [0.717, 1.165) is 0 Å². The maximum absolute atomic E-state index is 2.53. The van der Waals surface area contributed by atoms with Gasteiger partial charge in [-0.3, -0.25) is 0 Å². The molecule has 2 atom stereocenters. The minimum atomic E-state index is 0.148. The molecule has 1 fully saturated rings. The van der Waals surface area contributed by atoms with E-state index in [-0.39, 0.29) is 15.8 Å². The van der Waals surface area contributed by atoms with Crippen molar-refractivity contribution >= 4 is 15.8 Å². The van der Waals surface area contributed by atoms with Crippen molar-refractivity contribution in [2.24, 2.45) is 0 Å². The molecule has 0 aromatic heterocycles. The van der Waals surface area contributed by atoms with E-state index in [9.17, 15) is 0 Å². The van der Waals surface area contributed by atoms with Crippen LogP contribution < -0.4 is 0 Å². The minimum absolute atomic E-state index is 0.148. The van der Waals surface area contributed by atoms with E-state index in [2.05, 4.69) is 55.1 Å². The van der Waals surface area contributed by atoms with E-state index in [1.54, 1.807) is 0 Å². The SMILES string of the molecule is C[P@@]1CC[P@](C(C)(C)C)C(C)(C)CC1(C)C. The highest BCUT2D eigenvalue weighted by molar-refractivity contribution is 7.64. The van der Waals surface area contributed by atoms with Gasteiger partial charge in [0, 0.05) is 0 Å². The predicted octanol–water partition coefficient (Wildman–Crippen LogP) is 5.34. The van der Waals surface area contributed by atoms with Crippen LogP contribution in [0.25, 0.3) is 0 Å². The summed E-state index contributed by atoms with van der Waals surface area (Å²) in [6.07, 6.45) is 4.41. The van der Waals surface area contributed by atoms with Gasteiger partial charge in [-0.2, -0.15) is 0 Å². The normalized spacial score (nSPS) is 34.5. The van der Waals surface area contributed by atoms with Crippen molar-refractivity contribution in [1.82, 2.24) is 0 Å². The summed E-state index contributed by atoms with van der Waals surface area (Å²) in [6.45, 7) is 19.9. The quantitative estimate of drug-likeness (QED) is 0.516. The molecular formula is C14H30P2. The minimum Gasteiger partial charge on any atom is -0.104 e. The third-order valence-electron chi connectivity index (χ3n) is 4.10. The van der Waals surface area contributed by atoms with Crippen LogP contribution in [-0.4, -0.2) is 34.5 Å². The van der Waals surface area contributed by atoms with Crippen LogP contribution in [0.5, 0.6) is 0 Å². The first-order valence-electron chi connectivity index (χ1n) is 6.46. The lowest BCUT2D eigenvalue weighted by Crippen LogP contribution is -2.33. The lowest BCUT2D eigenvalue weighted by Gasteiger charge is -2.45. The topological polar surface area (TPSA) is 0 Å². The summed E-state index contributed by atoms with van der Waals surface area (Å²) in [6, 6.07) is 0. The van der Waals surface area contributed by atoms with Crippen molar-refractivity contribution < 1.29 is 0 Å². The molecule has 0 nitrogen and oxygen atoms in total. The average Bonchev–Trinajstić information content (AvgIpc) is 2.04. The van der Waals surface area contributed by atoms with Crippen LogP contribution in [0.4, 0.5) is 0 Å². The molecule has 96 valence electrons. The Bertz CT molecular complexity index is 248. The van der Waals surface area contributed by atoms with Crippen molar-refractivity contribution in [3.8, 4) is 0 Å². The first kappa shape index (κ1) is 14.9. The fraction of sp³-hybridized carbons (Fsp3) is 1.00. The lowest BCUT2D eigenvalue weighted by atomic mass is 9.99. The van der Waals surface area contributed by atoms with Crippen LogP contribution in [-0.2, 0) is 0 Å². The second kappa shape index (κ2) is 4.51. The first-order chi connectivity index (χ1) is 6.97. The highest BCUT2D eigenvalue weighted by Gasteiger charge is 2.44. The molecule has 0 saturated carbocycles. The first-order valence-corrected chi connectivity index (χ1v) is 9.96. The summed E-state index contributed by atoms with van der Waals surface area (Å²) < 4.78 is 0. The molecule has 0 aromatic rings. The van der Waals surface area contributed by atoms with Crippen LogP contribution in [0.2, 0.25) is 0 Å². The summed E-state index contributed by atoms with van der Waals surface area (Å²) in [5, 5.41) is 1.67. The van der Waals surface area contributed by atoms with Crippen LogP contribution in [0.15, 0.2) is 0 Å². The van der Waals surface area contributed by atoms with Gasteiger partial charge in [-0.25, -0.2) is 0 Å². The van der Waals surface area contributed by atoms with Crippen LogP contribution in [0, 0.1) is 0 Å². The highest BCUT2D eigenvalue weighted by Crippen LogP contribution is 2.68. The van der Waals surface area contributed by atoms with Gasteiger partial charge in [-0.05, 0) is 40.9 Å². The van der Waals surface area contributed by atoms with Crippen molar-refractivity contribution in [2.75, 3.05) is 19.0 Å². The van der Waals surface area contributed by atoms with Crippen LogP contribution in [0.1, 0.15) is 54.9 Å². The summed E-state index contributed by atoms with van der Waals surface area (Å²) >= 11 is 0. The third kappa shape index (κ3) is 3.20. The molecule has 1 rings (SSSR count). The van der Waals surface area contributed by atoms with Crippen molar-refractivity contribution in [1.29, 1.82) is 0 Å². The largest absolute Gasteiger partial charge is 0.104 e. The Hall–Kier alpha value is 0.860. The van der Waals surface area contributed by atoms with E-state index in [4.69, 9.17) is 0 Å². The van der Waals surface area contributed by atoms with E-state index in [1.165, 1.54) is 18.7 Å². The molecule has 0 unspecified atom stereocenters. The zero-order valence-electron chi connectivity index (χ0n) is 12.5. The highest BCUT2D eigenvalue weighted by atomic mass is 31.1. The summed E-state index contributed by atoms with van der Waals surface area (Å²) in [5.74, 6) is 0. The van der Waals surface area contributed by atoms with Gasteiger partial charge in [0.2, 0.25) is 0 Å². The Morgan fingerprint density at radius 2 is 1.38 bits per heavy atom. The van der Waals surface area contributed by atoms with Gasteiger partial charge < -0.3 is 0 Å². The lowest BCUT2D eigenvalue weighted by molar-refractivity contribution is 0.520. The van der Waals surface area contributed by atoms with Crippen LogP contribution in [0.3, 0.4) is 0 Å². The molecule has 0 bridgehead atoms. The van der Waals surface area contributed by atoms with Gasteiger partial charge in [0.25, 0.3) is 0 Å². The Labute approximate surface area is 105 Å². The Morgan fingerprint density at radius 3 is 1.81 bits per heavy atom. The fourth-order valence-electron chi connectivity index (χ4n) is 3.39. The van der Waals surface area contributed by atoms with Gasteiger partial charge in [-0.15, -0.1) is 7.92 Å². The monoisotopic (exact) mass is 260 g/mol. The standard InChI is InChI=1S/C14H30P2/c1-12(2,3)16-10-9-15(8)13(4,5)11-14(16,6)7/h9-11H2,1-8H3/t15-,16+/m0/s1. The molecule has 0 radical (unpaired) electrons. The molecule has 1 aliphatic rings. The van der Waals surface area contributed by atoms with Gasteiger partial charge in [0.15, 0.2) is 0 Å². The molecule has 1 saturated heterocycles. The fourth-order valence-corrected chi connectivity index (χ4v) is 10.5. The number of hydrogen-bond acceptors (Lipinski definition) is 0. The summed E-state index contributed by atoms with van der Waals surface area (Å²) in [4.78, 5) is 0. The van der Waals surface area contributed by atoms with Gasteiger partial charge >= 0.3 is 0 Å². The molecule has 1 heterocycles. The summed E-state index contributed by atoms with van der Waals surface area (Å²) in [7, 11) is 0.371. The molecular weight excluding hydrogens is 230 g/mol. The smallest absolute Gasteiger partial charge is 0.0138 e. The van der Waals surface area contributed by atoms with Crippen molar-refractivity contribution in [2.45, 2.75) is 70.4 Å². The molecule has 0 amide bonds.